The van der Waals surface area contributed by atoms with Crippen molar-refractivity contribution < 1.29 is 0 Å². The Morgan fingerprint density at radius 1 is 0.957 bits per heavy atom. The van der Waals surface area contributed by atoms with E-state index in [0.717, 1.165) is 25.9 Å². The van der Waals surface area contributed by atoms with Gasteiger partial charge in [-0.1, -0.05) is 0 Å². The second kappa shape index (κ2) is 7.94. The molecule has 2 aliphatic heterocycles. The van der Waals surface area contributed by atoms with Gasteiger partial charge >= 0.3 is 0 Å². The lowest BCUT2D eigenvalue weighted by molar-refractivity contribution is 0.125. The molecule has 2 fully saturated rings. The highest BCUT2D eigenvalue weighted by Gasteiger charge is 2.37. The van der Waals surface area contributed by atoms with Crippen LogP contribution in [0.1, 0.15) is 40.0 Å². The van der Waals surface area contributed by atoms with Gasteiger partial charge in [-0.15, -0.1) is 0 Å². The highest BCUT2D eigenvalue weighted by Crippen LogP contribution is 2.24. The van der Waals surface area contributed by atoms with E-state index in [2.05, 4.69) is 53.9 Å². The summed E-state index contributed by atoms with van der Waals surface area (Å²) in [4.78, 5) is 7.53. The van der Waals surface area contributed by atoms with Gasteiger partial charge in [-0.2, -0.15) is 5.26 Å². The van der Waals surface area contributed by atoms with E-state index in [4.69, 9.17) is 0 Å². The maximum atomic E-state index is 9.62. The molecule has 2 aliphatic rings. The minimum atomic E-state index is -0.327. The minimum absolute atomic E-state index is 0.000672. The Hall–Kier alpha value is -0.670. The number of nitriles is 1. The van der Waals surface area contributed by atoms with Crippen LogP contribution in [0.4, 0.5) is 0 Å². The first-order chi connectivity index (χ1) is 10.8. The normalized spacial score (nSPS) is 24.5. The number of hydrogen-bond acceptors (Lipinski definition) is 5. The predicted octanol–water partition coefficient (Wildman–Crippen LogP) is 1.37. The Kier molecular flexibility index (Phi) is 6.44. The molecule has 2 saturated heterocycles. The molecule has 0 aromatic heterocycles. The monoisotopic (exact) mass is 321 g/mol. The maximum Gasteiger partial charge on any atom is 0.109 e. The maximum absolute atomic E-state index is 9.62. The zero-order valence-corrected chi connectivity index (χ0v) is 15.6. The fourth-order valence-electron chi connectivity index (χ4n) is 3.73. The van der Waals surface area contributed by atoms with Crippen molar-refractivity contribution in [3.63, 3.8) is 0 Å². The second-order valence-electron chi connectivity index (χ2n) is 8.41. The van der Waals surface area contributed by atoms with Crippen molar-refractivity contribution in [1.82, 2.24) is 20.0 Å². The minimum Gasteiger partial charge on any atom is -0.304 e. The lowest BCUT2D eigenvalue weighted by Crippen LogP contribution is -2.58. The third kappa shape index (κ3) is 6.04. The van der Waals surface area contributed by atoms with Crippen LogP contribution in [-0.4, -0.2) is 85.2 Å². The molecule has 0 aromatic rings. The van der Waals surface area contributed by atoms with Crippen LogP contribution in [0.5, 0.6) is 0 Å². The molecule has 0 aromatic carbocycles. The summed E-state index contributed by atoms with van der Waals surface area (Å²) in [6.07, 6.45) is 3.13. The van der Waals surface area contributed by atoms with E-state index in [9.17, 15) is 5.26 Å². The number of likely N-dealkylation sites (tertiary alicyclic amines) is 1. The fourth-order valence-corrected chi connectivity index (χ4v) is 3.73. The summed E-state index contributed by atoms with van der Waals surface area (Å²) in [6.45, 7) is 15.7. The molecule has 5 heteroatoms. The van der Waals surface area contributed by atoms with Crippen molar-refractivity contribution >= 4 is 0 Å². The Morgan fingerprint density at radius 2 is 1.48 bits per heavy atom. The van der Waals surface area contributed by atoms with E-state index in [1.165, 1.54) is 45.7 Å². The molecule has 132 valence electrons. The second-order valence-corrected chi connectivity index (χ2v) is 8.41. The van der Waals surface area contributed by atoms with E-state index >= 15 is 0 Å². The van der Waals surface area contributed by atoms with Crippen LogP contribution in [0.2, 0.25) is 0 Å². The predicted molar refractivity (Wildman–Crippen MR) is 95.5 cm³/mol. The van der Waals surface area contributed by atoms with Crippen molar-refractivity contribution in [1.29, 1.82) is 5.26 Å². The van der Waals surface area contributed by atoms with Gasteiger partial charge in [0.1, 0.15) is 5.54 Å². The lowest BCUT2D eigenvalue weighted by Gasteiger charge is -2.42. The van der Waals surface area contributed by atoms with E-state index in [-0.39, 0.29) is 11.1 Å². The zero-order valence-electron chi connectivity index (χ0n) is 15.6. The first kappa shape index (κ1) is 18.7. The van der Waals surface area contributed by atoms with Gasteiger partial charge in [-0.25, -0.2) is 0 Å². The van der Waals surface area contributed by atoms with Gasteiger partial charge in [0.2, 0.25) is 0 Å². The number of nitrogens with one attached hydrogen (secondary N) is 1. The van der Waals surface area contributed by atoms with Gasteiger partial charge < -0.3 is 14.7 Å². The molecule has 23 heavy (non-hydrogen) atoms. The van der Waals surface area contributed by atoms with Gasteiger partial charge in [0.25, 0.3) is 0 Å². The SMILES string of the molecule is CN1CCN(CCCN2CCC(C#N)(NC(C)(C)C)CC2)CC1. The number of nitrogens with zero attached hydrogens (tertiary/aromatic N) is 4. The van der Waals surface area contributed by atoms with Crippen LogP contribution in [0.3, 0.4) is 0 Å². The largest absolute Gasteiger partial charge is 0.304 e. The average Bonchev–Trinajstić information content (AvgIpc) is 2.50. The van der Waals surface area contributed by atoms with E-state index in [0.29, 0.717) is 0 Å². The molecule has 0 amide bonds. The number of piperidine rings is 1. The van der Waals surface area contributed by atoms with Crippen molar-refractivity contribution in [2.75, 3.05) is 59.4 Å². The first-order valence-electron chi connectivity index (χ1n) is 9.16. The van der Waals surface area contributed by atoms with Gasteiger partial charge in [0, 0.05) is 44.8 Å². The zero-order chi connectivity index (χ0) is 16.9. The summed E-state index contributed by atoms with van der Waals surface area (Å²) in [5.41, 5.74) is -0.328. The van der Waals surface area contributed by atoms with Crippen molar-refractivity contribution in [3.05, 3.63) is 0 Å². The molecule has 0 aliphatic carbocycles. The summed E-state index contributed by atoms with van der Waals surface area (Å²) < 4.78 is 0. The van der Waals surface area contributed by atoms with Gasteiger partial charge in [0.05, 0.1) is 6.07 Å². The molecular formula is C18H35N5. The fraction of sp³-hybridized carbons (Fsp3) is 0.944. The van der Waals surface area contributed by atoms with E-state index in [1.54, 1.807) is 0 Å². The smallest absolute Gasteiger partial charge is 0.109 e. The Balaban J connectivity index is 1.67. The van der Waals surface area contributed by atoms with Crippen molar-refractivity contribution in [2.45, 2.75) is 51.1 Å². The van der Waals surface area contributed by atoms with Crippen LogP contribution < -0.4 is 5.32 Å². The summed E-state index contributed by atoms with van der Waals surface area (Å²) in [5.74, 6) is 0. The van der Waals surface area contributed by atoms with Gasteiger partial charge in [-0.3, -0.25) is 5.32 Å². The Bertz CT molecular complexity index is 393. The molecule has 0 spiro atoms. The molecule has 5 nitrogen and oxygen atoms in total. The van der Waals surface area contributed by atoms with E-state index < -0.39 is 0 Å². The quantitative estimate of drug-likeness (QED) is 0.829. The van der Waals surface area contributed by atoms with Crippen LogP contribution in [0.15, 0.2) is 0 Å². The molecule has 2 heterocycles. The third-order valence-electron chi connectivity index (χ3n) is 5.08. The number of hydrogen-bond donors (Lipinski definition) is 1. The van der Waals surface area contributed by atoms with Crippen LogP contribution in [0, 0.1) is 11.3 Å². The molecular weight excluding hydrogens is 286 g/mol. The van der Waals surface area contributed by atoms with Crippen LogP contribution >= 0.6 is 0 Å². The number of piperazine rings is 1. The van der Waals surface area contributed by atoms with E-state index in [1.807, 2.05) is 0 Å². The number of likely N-dealkylation sites (N-methyl/N-ethyl adjacent to an activating group) is 1. The summed E-state index contributed by atoms with van der Waals surface area (Å²) >= 11 is 0. The topological polar surface area (TPSA) is 45.5 Å². The first-order valence-corrected chi connectivity index (χ1v) is 9.16. The van der Waals surface area contributed by atoms with Gasteiger partial charge in [0.15, 0.2) is 0 Å². The average molecular weight is 322 g/mol. The molecule has 0 unspecified atom stereocenters. The van der Waals surface area contributed by atoms with Crippen molar-refractivity contribution in [2.24, 2.45) is 0 Å². The highest BCUT2D eigenvalue weighted by atomic mass is 15.2. The Morgan fingerprint density at radius 3 is 1.96 bits per heavy atom. The molecule has 0 radical (unpaired) electrons. The van der Waals surface area contributed by atoms with Gasteiger partial charge in [-0.05, 0) is 60.2 Å². The number of rotatable bonds is 5. The van der Waals surface area contributed by atoms with Crippen LogP contribution in [-0.2, 0) is 0 Å². The third-order valence-corrected chi connectivity index (χ3v) is 5.08. The molecule has 2 rings (SSSR count). The van der Waals surface area contributed by atoms with Crippen LogP contribution in [0.25, 0.3) is 0 Å². The summed E-state index contributed by atoms with van der Waals surface area (Å²) in [5, 5.41) is 13.2. The Labute approximate surface area is 142 Å². The summed E-state index contributed by atoms with van der Waals surface area (Å²) in [7, 11) is 2.21. The molecule has 0 bridgehead atoms. The van der Waals surface area contributed by atoms with Crippen molar-refractivity contribution in [3.8, 4) is 6.07 Å². The lowest BCUT2D eigenvalue weighted by atomic mass is 9.86. The standard InChI is InChI=1S/C18H35N5/c1-17(2,3)20-18(16-19)6-10-22(11-7-18)8-5-9-23-14-12-21(4)13-15-23/h20H,5-15H2,1-4H3. The summed E-state index contributed by atoms with van der Waals surface area (Å²) in [6, 6.07) is 2.56. The molecule has 0 atom stereocenters. The molecule has 0 saturated carbocycles. The molecule has 1 N–H and O–H groups in total. The highest BCUT2D eigenvalue weighted by molar-refractivity contribution is 5.11.